The third-order valence-corrected chi connectivity index (χ3v) is 6.14. The Bertz CT molecular complexity index is 1530. The van der Waals surface area contributed by atoms with Crippen LogP contribution in [0.25, 0.3) is 0 Å². The number of aliphatic carboxylic acids is 1. The van der Waals surface area contributed by atoms with Gasteiger partial charge in [-0.25, -0.2) is 4.79 Å². The molecule has 0 radical (unpaired) electrons. The molecule has 0 aliphatic carbocycles. The number of aliphatic hydroxyl groups is 1. The first-order valence-corrected chi connectivity index (χ1v) is 12.1. The van der Waals surface area contributed by atoms with Gasteiger partial charge in [0.2, 0.25) is 5.91 Å². The van der Waals surface area contributed by atoms with E-state index in [0.29, 0.717) is 22.4 Å². The van der Waals surface area contributed by atoms with E-state index in [1.807, 2.05) is 20.8 Å². The number of aliphatic hydroxyl groups excluding tert-OH is 1. The second-order valence-corrected chi connectivity index (χ2v) is 10.2. The van der Waals surface area contributed by atoms with Crippen LogP contribution in [0.3, 0.4) is 0 Å². The molecule has 2 amide bonds. The molecule has 2 aromatic carbocycles. The molecule has 0 saturated heterocycles. The van der Waals surface area contributed by atoms with Crippen molar-refractivity contribution >= 4 is 46.7 Å². The third kappa shape index (κ3) is 5.75. The SMILES string of the molecule is CC(C)(C)c1cc(N2C(=O)C(O)=C(C(=O)c3cccc(NC(=O)/C=C\C(=O)O)c3)C2c2ccc(Cl)cc2)no1. The van der Waals surface area contributed by atoms with E-state index in [1.165, 1.54) is 29.2 Å². The van der Waals surface area contributed by atoms with Crippen molar-refractivity contribution in [2.75, 3.05) is 10.2 Å². The van der Waals surface area contributed by atoms with E-state index in [0.717, 1.165) is 6.08 Å². The molecule has 10 nitrogen and oxygen atoms in total. The molecule has 1 aliphatic rings. The van der Waals surface area contributed by atoms with Gasteiger partial charge in [0.25, 0.3) is 5.91 Å². The maximum atomic E-state index is 13.8. The summed E-state index contributed by atoms with van der Waals surface area (Å²) in [7, 11) is 0. The summed E-state index contributed by atoms with van der Waals surface area (Å²) in [5.41, 5.74) is 0.153. The molecule has 39 heavy (non-hydrogen) atoms. The zero-order valence-electron chi connectivity index (χ0n) is 21.1. The maximum absolute atomic E-state index is 13.8. The van der Waals surface area contributed by atoms with Gasteiger partial charge in [-0.3, -0.25) is 19.3 Å². The first-order chi connectivity index (χ1) is 18.4. The van der Waals surface area contributed by atoms with Crippen LogP contribution in [-0.4, -0.2) is 38.9 Å². The quantitative estimate of drug-likeness (QED) is 0.275. The fourth-order valence-corrected chi connectivity index (χ4v) is 4.12. The van der Waals surface area contributed by atoms with Crippen LogP contribution in [0.5, 0.6) is 0 Å². The number of carbonyl (C=O) groups excluding carboxylic acids is 3. The number of aromatic nitrogens is 1. The summed E-state index contributed by atoms with van der Waals surface area (Å²) in [6.45, 7) is 5.73. The fourth-order valence-electron chi connectivity index (χ4n) is 3.99. The Kier molecular flexibility index (Phi) is 7.42. The molecule has 0 fully saturated rings. The topological polar surface area (TPSA) is 150 Å². The molecule has 2 heterocycles. The molecule has 1 unspecified atom stereocenters. The Morgan fingerprint density at radius 3 is 2.38 bits per heavy atom. The lowest BCUT2D eigenvalue weighted by Gasteiger charge is -2.24. The van der Waals surface area contributed by atoms with Crippen molar-refractivity contribution in [3.63, 3.8) is 0 Å². The van der Waals surface area contributed by atoms with Crippen LogP contribution in [-0.2, 0) is 19.8 Å². The van der Waals surface area contributed by atoms with Crippen molar-refractivity contribution < 1.29 is 33.9 Å². The van der Waals surface area contributed by atoms with Gasteiger partial charge in [0.05, 0.1) is 11.6 Å². The lowest BCUT2D eigenvalue weighted by molar-refractivity contribution is -0.131. The van der Waals surface area contributed by atoms with Gasteiger partial charge in [-0.2, -0.15) is 0 Å². The van der Waals surface area contributed by atoms with E-state index in [1.54, 1.807) is 30.3 Å². The molecule has 0 saturated carbocycles. The largest absolute Gasteiger partial charge is 0.503 e. The highest BCUT2D eigenvalue weighted by atomic mass is 35.5. The predicted molar refractivity (Wildman–Crippen MR) is 143 cm³/mol. The summed E-state index contributed by atoms with van der Waals surface area (Å²) in [6.07, 6.45) is 1.51. The molecule has 0 spiro atoms. The highest BCUT2D eigenvalue weighted by Gasteiger charge is 2.46. The highest BCUT2D eigenvalue weighted by Crippen LogP contribution is 2.42. The Labute approximate surface area is 228 Å². The second-order valence-electron chi connectivity index (χ2n) is 9.76. The molecule has 11 heteroatoms. The summed E-state index contributed by atoms with van der Waals surface area (Å²) >= 11 is 6.07. The second kappa shape index (κ2) is 10.6. The number of halogens is 1. The van der Waals surface area contributed by atoms with Gasteiger partial charge in [-0.1, -0.05) is 61.8 Å². The number of hydrogen-bond acceptors (Lipinski definition) is 7. The van der Waals surface area contributed by atoms with Crippen LogP contribution in [0.2, 0.25) is 5.02 Å². The Balaban J connectivity index is 1.75. The normalized spacial score (nSPS) is 15.7. The van der Waals surface area contributed by atoms with E-state index in [-0.39, 0.29) is 22.6 Å². The Hall–Kier alpha value is -4.70. The van der Waals surface area contributed by atoms with Gasteiger partial charge >= 0.3 is 5.97 Å². The Morgan fingerprint density at radius 1 is 1.08 bits per heavy atom. The number of hydrogen-bond donors (Lipinski definition) is 3. The summed E-state index contributed by atoms with van der Waals surface area (Å²) in [4.78, 5) is 51.0. The number of nitrogens with one attached hydrogen (secondary N) is 1. The molecule has 3 aromatic rings. The van der Waals surface area contributed by atoms with Crippen LogP contribution in [0.4, 0.5) is 11.5 Å². The van der Waals surface area contributed by atoms with Gasteiger partial charge < -0.3 is 20.1 Å². The zero-order valence-corrected chi connectivity index (χ0v) is 21.9. The van der Waals surface area contributed by atoms with Gasteiger partial charge in [0.15, 0.2) is 17.4 Å². The van der Waals surface area contributed by atoms with Crippen LogP contribution >= 0.6 is 11.6 Å². The number of nitrogens with zero attached hydrogens (tertiary/aromatic N) is 2. The van der Waals surface area contributed by atoms with Gasteiger partial charge in [-0.05, 0) is 29.8 Å². The minimum Gasteiger partial charge on any atom is -0.503 e. The molecule has 1 aromatic heterocycles. The predicted octanol–water partition coefficient (Wildman–Crippen LogP) is 4.99. The van der Waals surface area contributed by atoms with Crippen LogP contribution in [0.1, 0.15) is 48.5 Å². The zero-order chi connectivity index (χ0) is 28.5. The monoisotopic (exact) mass is 549 g/mol. The summed E-state index contributed by atoms with van der Waals surface area (Å²) in [5, 5.41) is 26.6. The molecular formula is C28H24ClN3O7. The minimum absolute atomic E-state index is 0.0701. The number of rotatable bonds is 7. The van der Waals surface area contributed by atoms with Gasteiger partial charge in [-0.15, -0.1) is 0 Å². The van der Waals surface area contributed by atoms with Crippen molar-refractivity contribution in [3.8, 4) is 0 Å². The van der Waals surface area contributed by atoms with Crippen LogP contribution in [0.15, 0.2) is 82.6 Å². The van der Waals surface area contributed by atoms with Crippen molar-refractivity contribution in [2.45, 2.75) is 32.2 Å². The number of anilines is 2. The molecule has 4 rings (SSSR count). The summed E-state index contributed by atoms with van der Waals surface area (Å²) in [6, 6.07) is 12.8. The molecule has 3 N–H and O–H groups in total. The average molecular weight is 550 g/mol. The van der Waals surface area contributed by atoms with E-state index >= 15 is 0 Å². The summed E-state index contributed by atoms with van der Waals surface area (Å²) in [5.74, 6) is -3.65. The van der Waals surface area contributed by atoms with E-state index in [9.17, 15) is 24.3 Å². The number of carbonyl (C=O) groups is 4. The average Bonchev–Trinajstić information content (AvgIpc) is 3.46. The first-order valence-electron chi connectivity index (χ1n) is 11.7. The molecule has 200 valence electrons. The highest BCUT2D eigenvalue weighted by molar-refractivity contribution is 6.30. The fraction of sp³-hybridized carbons (Fsp3) is 0.179. The number of amides is 2. The van der Waals surface area contributed by atoms with Gasteiger partial charge in [0, 0.05) is 39.9 Å². The summed E-state index contributed by atoms with van der Waals surface area (Å²) < 4.78 is 5.46. The maximum Gasteiger partial charge on any atom is 0.328 e. The standard InChI is InChI=1S/C28H24ClN3O7/c1-28(2,3)19-14-20(31-39-19)32-24(15-7-9-17(29)10-8-15)23(26(37)27(32)38)25(36)16-5-4-6-18(13-16)30-21(33)11-12-22(34)35/h4-14,24,37H,1-3H3,(H,30,33)(H,34,35)/b12-11-. The van der Waals surface area contributed by atoms with E-state index in [4.69, 9.17) is 21.2 Å². The number of Topliss-reactive ketones (excluding diaryl/α,β-unsaturated/α-hetero) is 1. The van der Waals surface area contributed by atoms with E-state index < -0.39 is 40.8 Å². The minimum atomic E-state index is -1.29. The lowest BCUT2D eigenvalue weighted by atomic mass is 9.92. The number of benzene rings is 2. The van der Waals surface area contributed by atoms with Crippen molar-refractivity contribution in [1.82, 2.24) is 5.16 Å². The number of carboxylic acids is 1. The van der Waals surface area contributed by atoms with Crippen LogP contribution in [0, 0.1) is 0 Å². The third-order valence-electron chi connectivity index (χ3n) is 5.89. The van der Waals surface area contributed by atoms with Crippen molar-refractivity contribution in [1.29, 1.82) is 0 Å². The van der Waals surface area contributed by atoms with Gasteiger partial charge in [0.1, 0.15) is 5.76 Å². The lowest BCUT2D eigenvalue weighted by Crippen LogP contribution is -2.31. The van der Waals surface area contributed by atoms with Crippen molar-refractivity contribution in [2.24, 2.45) is 0 Å². The Morgan fingerprint density at radius 2 is 1.77 bits per heavy atom. The smallest absolute Gasteiger partial charge is 0.328 e. The number of ketones is 1. The van der Waals surface area contributed by atoms with Crippen molar-refractivity contribution in [3.05, 3.63) is 100.0 Å². The van der Waals surface area contributed by atoms with Crippen LogP contribution < -0.4 is 10.2 Å². The van der Waals surface area contributed by atoms with E-state index in [2.05, 4.69) is 10.5 Å². The molecule has 1 aliphatic heterocycles. The first kappa shape index (κ1) is 27.3. The molecule has 1 atom stereocenters. The molecule has 0 bridgehead atoms. The number of carboxylic acid groups (broad SMARTS) is 1. The molecular weight excluding hydrogens is 526 g/mol.